The zero-order valence-corrected chi connectivity index (χ0v) is 15.4. The van der Waals surface area contributed by atoms with E-state index >= 15 is 0 Å². The molecular weight excluding hydrogens is 282 g/mol. The van der Waals surface area contributed by atoms with Crippen LogP contribution >= 0.6 is 0 Å². The van der Waals surface area contributed by atoms with Gasteiger partial charge in [-0.2, -0.15) is 0 Å². The van der Waals surface area contributed by atoms with Gasteiger partial charge in [0.05, 0.1) is 6.10 Å². The van der Waals surface area contributed by atoms with Crippen LogP contribution in [-0.4, -0.2) is 17.3 Å². The minimum atomic E-state index is -0.0985. The van der Waals surface area contributed by atoms with Gasteiger partial charge in [-0.15, -0.1) is 0 Å². The third kappa shape index (κ3) is 2.07. The molecule has 2 unspecified atom stereocenters. The van der Waals surface area contributed by atoms with Gasteiger partial charge in [-0.3, -0.25) is 0 Å². The predicted octanol–water partition coefficient (Wildman–Crippen LogP) is 4.27. The van der Waals surface area contributed by atoms with E-state index < -0.39 is 0 Å². The lowest BCUT2D eigenvalue weighted by atomic mass is 9.48. The van der Waals surface area contributed by atoms with Crippen molar-refractivity contribution < 1.29 is 5.11 Å². The summed E-state index contributed by atoms with van der Waals surface area (Å²) in [4.78, 5) is 0. The first-order valence-electron chi connectivity index (χ1n) is 9.82. The molecule has 0 saturated heterocycles. The lowest BCUT2D eigenvalue weighted by molar-refractivity contribution is -0.0402. The van der Waals surface area contributed by atoms with Crippen molar-refractivity contribution in [2.24, 2.45) is 39.7 Å². The first kappa shape index (κ1) is 16.1. The van der Waals surface area contributed by atoms with Gasteiger partial charge in [-0.1, -0.05) is 39.3 Å². The molecule has 3 N–H and O–H groups in total. The van der Waals surface area contributed by atoms with E-state index in [1.165, 1.54) is 32.1 Å². The predicted molar refractivity (Wildman–Crippen MR) is 94.8 cm³/mol. The van der Waals surface area contributed by atoms with Crippen LogP contribution in [0.2, 0.25) is 0 Å². The molecule has 7 atom stereocenters. The fourth-order valence-electron chi connectivity index (χ4n) is 7.35. The minimum absolute atomic E-state index is 0.0985. The van der Waals surface area contributed by atoms with Crippen LogP contribution in [0.3, 0.4) is 0 Å². The number of allylic oxidation sites excluding steroid dienone is 1. The SMILES string of the molecule is CC1(C)C[C@H]2[C@@H]3CC=C4CC(O)CC[C@]4(C)[C@@H]3CC[C@]2(C)C1N. The molecule has 0 aromatic rings. The quantitative estimate of drug-likeness (QED) is 0.655. The van der Waals surface area contributed by atoms with Crippen molar-refractivity contribution in [3.8, 4) is 0 Å². The van der Waals surface area contributed by atoms with Gasteiger partial charge < -0.3 is 10.8 Å². The molecule has 130 valence electrons. The Balaban J connectivity index is 1.70. The van der Waals surface area contributed by atoms with E-state index in [0.29, 0.717) is 16.9 Å². The second kappa shape index (κ2) is 4.85. The summed E-state index contributed by atoms with van der Waals surface area (Å²) >= 11 is 0. The maximum atomic E-state index is 10.1. The number of nitrogens with two attached hydrogens (primary N) is 1. The van der Waals surface area contributed by atoms with Crippen LogP contribution in [0.1, 0.15) is 72.6 Å². The highest BCUT2D eigenvalue weighted by molar-refractivity contribution is 5.26. The van der Waals surface area contributed by atoms with Crippen LogP contribution in [0.4, 0.5) is 0 Å². The smallest absolute Gasteiger partial charge is 0.0577 e. The first-order chi connectivity index (χ1) is 10.7. The zero-order valence-electron chi connectivity index (χ0n) is 15.4. The molecule has 0 radical (unpaired) electrons. The van der Waals surface area contributed by atoms with Crippen LogP contribution in [0.25, 0.3) is 0 Å². The van der Waals surface area contributed by atoms with Crippen LogP contribution in [0, 0.1) is 34.0 Å². The normalized spacial score (nSPS) is 54.7. The van der Waals surface area contributed by atoms with Gasteiger partial charge in [0.1, 0.15) is 0 Å². The summed E-state index contributed by atoms with van der Waals surface area (Å²) in [5, 5.41) is 10.1. The zero-order chi connectivity index (χ0) is 16.6. The molecule has 0 aromatic heterocycles. The van der Waals surface area contributed by atoms with E-state index in [9.17, 15) is 5.11 Å². The van der Waals surface area contributed by atoms with Gasteiger partial charge in [0.15, 0.2) is 0 Å². The van der Waals surface area contributed by atoms with Gasteiger partial charge in [0.25, 0.3) is 0 Å². The molecule has 4 aliphatic rings. The maximum Gasteiger partial charge on any atom is 0.0577 e. The molecule has 0 bridgehead atoms. The first-order valence-corrected chi connectivity index (χ1v) is 9.82. The number of fused-ring (bicyclic) bond motifs is 5. The molecule has 0 aliphatic heterocycles. The minimum Gasteiger partial charge on any atom is -0.393 e. The Kier molecular flexibility index (Phi) is 3.40. The summed E-state index contributed by atoms with van der Waals surface area (Å²) in [6.45, 7) is 9.77. The van der Waals surface area contributed by atoms with E-state index in [0.717, 1.165) is 30.6 Å². The van der Waals surface area contributed by atoms with Crippen LogP contribution in [-0.2, 0) is 0 Å². The largest absolute Gasteiger partial charge is 0.393 e. The molecule has 0 amide bonds. The molecule has 3 fully saturated rings. The summed E-state index contributed by atoms with van der Waals surface area (Å²) < 4.78 is 0. The lowest BCUT2D eigenvalue weighted by Gasteiger charge is -2.57. The topological polar surface area (TPSA) is 46.2 Å². The van der Waals surface area contributed by atoms with Crippen molar-refractivity contribution in [2.45, 2.75) is 84.8 Å². The van der Waals surface area contributed by atoms with E-state index in [1.807, 2.05) is 0 Å². The number of aliphatic hydroxyl groups is 1. The van der Waals surface area contributed by atoms with Gasteiger partial charge >= 0.3 is 0 Å². The number of hydrogen-bond donors (Lipinski definition) is 2. The molecule has 3 saturated carbocycles. The summed E-state index contributed by atoms with van der Waals surface area (Å²) in [6.07, 6.45) is 10.7. The van der Waals surface area contributed by atoms with Crippen LogP contribution in [0.15, 0.2) is 11.6 Å². The molecular formula is C21H35NO. The third-order valence-corrected chi connectivity index (χ3v) is 8.81. The second-order valence-corrected chi connectivity index (χ2v) is 10.4. The lowest BCUT2D eigenvalue weighted by Crippen LogP contribution is -2.53. The van der Waals surface area contributed by atoms with Crippen molar-refractivity contribution >= 4 is 0 Å². The van der Waals surface area contributed by atoms with Crippen molar-refractivity contribution in [3.05, 3.63) is 11.6 Å². The molecule has 2 heteroatoms. The molecule has 0 aromatic carbocycles. The fourth-order valence-corrected chi connectivity index (χ4v) is 7.35. The number of hydrogen-bond acceptors (Lipinski definition) is 2. The molecule has 2 nitrogen and oxygen atoms in total. The van der Waals surface area contributed by atoms with E-state index in [1.54, 1.807) is 5.57 Å². The highest BCUT2D eigenvalue weighted by Gasteiger charge is 2.62. The second-order valence-electron chi connectivity index (χ2n) is 10.4. The van der Waals surface area contributed by atoms with Gasteiger partial charge in [-0.25, -0.2) is 0 Å². The standard InChI is InChI=1S/C21H35NO/c1-19(2)12-17-15-6-5-13-11-14(23)7-9-20(13,3)16(15)8-10-21(17,4)18(19)22/h5,14-18,23H,6-12,22H2,1-4H3/t14?,15-,16-,17+,18?,20+,21+/m1/s1. The Morgan fingerprint density at radius 3 is 2.57 bits per heavy atom. The monoisotopic (exact) mass is 317 g/mol. The fraction of sp³-hybridized carbons (Fsp3) is 0.905. The van der Waals surface area contributed by atoms with Gasteiger partial charge in [0, 0.05) is 6.04 Å². The summed E-state index contributed by atoms with van der Waals surface area (Å²) in [5.41, 5.74) is 9.29. The highest BCUT2D eigenvalue weighted by Crippen LogP contribution is 2.67. The van der Waals surface area contributed by atoms with Crippen molar-refractivity contribution in [1.29, 1.82) is 0 Å². The number of rotatable bonds is 0. The molecule has 0 heterocycles. The number of aliphatic hydroxyl groups excluding tert-OH is 1. The average Bonchev–Trinajstić information content (AvgIpc) is 2.68. The molecule has 4 aliphatic carbocycles. The third-order valence-electron chi connectivity index (χ3n) is 8.81. The van der Waals surface area contributed by atoms with E-state index in [4.69, 9.17) is 5.73 Å². The van der Waals surface area contributed by atoms with Crippen molar-refractivity contribution in [2.75, 3.05) is 0 Å². The molecule has 0 spiro atoms. The van der Waals surface area contributed by atoms with E-state index in [-0.39, 0.29) is 11.5 Å². The summed E-state index contributed by atoms with van der Waals surface area (Å²) in [6, 6.07) is 0.340. The summed E-state index contributed by atoms with van der Waals surface area (Å²) in [7, 11) is 0. The Labute approximate surface area is 141 Å². The van der Waals surface area contributed by atoms with Crippen molar-refractivity contribution in [3.63, 3.8) is 0 Å². The van der Waals surface area contributed by atoms with E-state index in [2.05, 4.69) is 33.8 Å². The van der Waals surface area contributed by atoms with Crippen LogP contribution < -0.4 is 5.73 Å². The molecule has 4 rings (SSSR count). The Morgan fingerprint density at radius 1 is 1.09 bits per heavy atom. The summed E-state index contributed by atoms with van der Waals surface area (Å²) in [5.74, 6) is 2.41. The average molecular weight is 318 g/mol. The highest BCUT2D eigenvalue weighted by atomic mass is 16.3. The Morgan fingerprint density at radius 2 is 1.83 bits per heavy atom. The Hall–Kier alpha value is -0.340. The van der Waals surface area contributed by atoms with Crippen LogP contribution in [0.5, 0.6) is 0 Å². The van der Waals surface area contributed by atoms with Crippen molar-refractivity contribution in [1.82, 2.24) is 0 Å². The Bertz CT molecular complexity index is 538. The molecule has 23 heavy (non-hydrogen) atoms. The van der Waals surface area contributed by atoms with Gasteiger partial charge in [0.2, 0.25) is 0 Å². The van der Waals surface area contributed by atoms with Gasteiger partial charge in [-0.05, 0) is 78.9 Å². The maximum absolute atomic E-state index is 10.1.